The van der Waals surface area contributed by atoms with E-state index in [1.807, 2.05) is 16.8 Å². The Bertz CT molecular complexity index is 942. The van der Waals surface area contributed by atoms with E-state index in [2.05, 4.69) is 9.89 Å². The molecule has 10 heteroatoms. The van der Waals surface area contributed by atoms with Crippen LogP contribution in [-0.4, -0.2) is 78.7 Å². The van der Waals surface area contributed by atoms with Crippen molar-refractivity contribution in [3.63, 3.8) is 0 Å². The molecule has 0 saturated carbocycles. The van der Waals surface area contributed by atoms with E-state index in [1.165, 1.54) is 18.2 Å². The van der Waals surface area contributed by atoms with Gasteiger partial charge in [-0.2, -0.15) is 10.3 Å². The number of aliphatic imine (C=N–C) groups is 1. The van der Waals surface area contributed by atoms with Gasteiger partial charge in [0, 0.05) is 52.3 Å². The number of hydrogen-bond donors (Lipinski definition) is 1. The molecule has 1 aromatic carbocycles. The Hall–Kier alpha value is -3.45. The zero-order valence-corrected chi connectivity index (χ0v) is 17.3. The van der Waals surface area contributed by atoms with Gasteiger partial charge in [-0.15, -0.1) is 0 Å². The highest BCUT2D eigenvalue weighted by atomic mass is 19.1. The van der Waals surface area contributed by atoms with Crippen LogP contribution in [0.15, 0.2) is 35.1 Å². The van der Waals surface area contributed by atoms with Gasteiger partial charge in [-0.3, -0.25) is 9.59 Å². The maximum atomic E-state index is 13.5. The lowest BCUT2D eigenvalue weighted by atomic mass is 10.1. The standard InChI is InChI=1S/C21H25FN6O3/c1-26-11-17-12-27(21(30)4-5-23)6-7-28(17)20(26)9-19(25-14-29)31-13-15-2-3-18(22)16(8-15)10-24/h2-3,8-9,14,17H,4-7,11-13,23H2,1H3/b20-9+,25-19?. The van der Waals surface area contributed by atoms with E-state index in [9.17, 15) is 14.0 Å². The number of halogens is 1. The summed E-state index contributed by atoms with van der Waals surface area (Å²) in [5, 5.41) is 8.96. The molecule has 2 aliphatic rings. The third-order valence-corrected chi connectivity index (χ3v) is 5.33. The number of benzene rings is 1. The first-order chi connectivity index (χ1) is 15.0. The van der Waals surface area contributed by atoms with Crippen molar-refractivity contribution in [1.29, 1.82) is 5.26 Å². The molecule has 0 radical (unpaired) electrons. The van der Waals surface area contributed by atoms with Crippen molar-refractivity contribution >= 4 is 18.2 Å². The van der Waals surface area contributed by atoms with Crippen molar-refractivity contribution in [2.45, 2.75) is 19.1 Å². The number of carbonyl (C=O) groups is 2. The fourth-order valence-corrected chi connectivity index (χ4v) is 3.83. The van der Waals surface area contributed by atoms with Crippen LogP contribution in [0, 0.1) is 17.1 Å². The number of fused-ring (bicyclic) bond motifs is 1. The van der Waals surface area contributed by atoms with Crippen LogP contribution < -0.4 is 5.73 Å². The van der Waals surface area contributed by atoms with Gasteiger partial charge in [-0.1, -0.05) is 6.07 Å². The number of nitrogens with zero attached hydrogens (tertiary/aromatic N) is 5. The number of piperazine rings is 1. The summed E-state index contributed by atoms with van der Waals surface area (Å²) in [5.41, 5.74) is 6.01. The van der Waals surface area contributed by atoms with Crippen LogP contribution in [0.5, 0.6) is 0 Å². The molecule has 0 aromatic heterocycles. The summed E-state index contributed by atoms with van der Waals surface area (Å²) in [6.45, 7) is 2.93. The summed E-state index contributed by atoms with van der Waals surface area (Å²) in [4.78, 5) is 33.0. The number of hydrogen-bond acceptors (Lipinski definition) is 7. The topological polar surface area (TPSA) is 115 Å². The minimum Gasteiger partial charge on any atom is -0.473 e. The lowest BCUT2D eigenvalue weighted by Gasteiger charge is -2.38. The second kappa shape index (κ2) is 10.0. The molecule has 0 aliphatic carbocycles. The molecule has 2 N–H and O–H groups in total. The Morgan fingerprint density at radius 1 is 1.42 bits per heavy atom. The predicted molar refractivity (Wildman–Crippen MR) is 111 cm³/mol. The Morgan fingerprint density at radius 3 is 2.94 bits per heavy atom. The average molecular weight is 428 g/mol. The highest BCUT2D eigenvalue weighted by molar-refractivity contribution is 5.92. The molecule has 9 nitrogen and oxygen atoms in total. The summed E-state index contributed by atoms with van der Waals surface area (Å²) in [5.74, 6) is 0.415. The second-order valence-electron chi connectivity index (χ2n) is 7.40. The summed E-state index contributed by atoms with van der Waals surface area (Å²) in [7, 11) is 1.92. The molecule has 0 bridgehead atoms. The van der Waals surface area contributed by atoms with Crippen molar-refractivity contribution < 1.29 is 18.7 Å². The molecule has 1 unspecified atom stereocenters. The predicted octanol–water partition coefficient (Wildman–Crippen LogP) is 0.417. The molecule has 1 aromatic rings. The summed E-state index contributed by atoms with van der Waals surface area (Å²) in [6, 6.07) is 6.02. The highest BCUT2D eigenvalue weighted by Gasteiger charge is 2.37. The van der Waals surface area contributed by atoms with Crippen LogP contribution in [0.4, 0.5) is 4.39 Å². The number of rotatable bonds is 6. The van der Waals surface area contributed by atoms with Crippen molar-refractivity contribution in [2.24, 2.45) is 10.7 Å². The summed E-state index contributed by atoms with van der Waals surface area (Å²) < 4.78 is 19.2. The number of nitrogens with two attached hydrogens (primary N) is 1. The molecule has 2 saturated heterocycles. The molecule has 2 heterocycles. The Kier molecular flexibility index (Phi) is 7.20. The van der Waals surface area contributed by atoms with Crippen molar-refractivity contribution in [3.8, 4) is 6.07 Å². The third kappa shape index (κ3) is 5.19. The van der Waals surface area contributed by atoms with Gasteiger partial charge >= 0.3 is 0 Å². The fraction of sp³-hybridized carbons (Fsp3) is 0.429. The van der Waals surface area contributed by atoms with E-state index in [0.29, 0.717) is 44.6 Å². The van der Waals surface area contributed by atoms with Crippen LogP contribution in [0.25, 0.3) is 0 Å². The van der Waals surface area contributed by atoms with Gasteiger partial charge in [-0.25, -0.2) is 4.39 Å². The van der Waals surface area contributed by atoms with Crippen LogP contribution in [0.3, 0.4) is 0 Å². The minimum atomic E-state index is -0.599. The fourth-order valence-electron chi connectivity index (χ4n) is 3.83. The van der Waals surface area contributed by atoms with Crippen molar-refractivity contribution in [1.82, 2.24) is 14.7 Å². The Balaban J connectivity index is 1.71. The van der Waals surface area contributed by atoms with Gasteiger partial charge < -0.3 is 25.2 Å². The summed E-state index contributed by atoms with van der Waals surface area (Å²) >= 11 is 0. The monoisotopic (exact) mass is 428 g/mol. The van der Waals surface area contributed by atoms with E-state index in [1.54, 1.807) is 12.1 Å². The van der Waals surface area contributed by atoms with Gasteiger partial charge in [0.15, 0.2) is 0 Å². The van der Waals surface area contributed by atoms with Gasteiger partial charge in [0.1, 0.15) is 24.3 Å². The van der Waals surface area contributed by atoms with Crippen LogP contribution >= 0.6 is 0 Å². The molecule has 31 heavy (non-hydrogen) atoms. The molecular weight excluding hydrogens is 403 g/mol. The normalized spacial score (nSPS) is 19.9. The second-order valence-corrected chi connectivity index (χ2v) is 7.40. The van der Waals surface area contributed by atoms with Crippen molar-refractivity contribution in [2.75, 3.05) is 39.8 Å². The number of amides is 2. The van der Waals surface area contributed by atoms with E-state index in [4.69, 9.17) is 15.7 Å². The number of ether oxygens (including phenoxy) is 1. The average Bonchev–Trinajstić information content (AvgIpc) is 3.07. The van der Waals surface area contributed by atoms with E-state index in [-0.39, 0.29) is 30.0 Å². The Labute approximate surface area is 180 Å². The first-order valence-electron chi connectivity index (χ1n) is 9.97. The van der Waals surface area contributed by atoms with Crippen molar-refractivity contribution in [3.05, 3.63) is 47.0 Å². The zero-order valence-electron chi connectivity index (χ0n) is 17.3. The smallest absolute Gasteiger partial charge is 0.236 e. The number of nitriles is 1. The first kappa shape index (κ1) is 22.2. The van der Waals surface area contributed by atoms with Crippen LogP contribution in [0.2, 0.25) is 0 Å². The number of carbonyl (C=O) groups excluding carboxylic acids is 2. The molecular formula is C21H25FN6O3. The molecule has 3 rings (SSSR count). The summed E-state index contributed by atoms with van der Waals surface area (Å²) in [6.07, 6.45) is 2.42. The zero-order chi connectivity index (χ0) is 22.4. The molecule has 2 fully saturated rings. The van der Waals surface area contributed by atoms with E-state index >= 15 is 0 Å². The van der Waals surface area contributed by atoms with Crippen LogP contribution in [0.1, 0.15) is 17.5 Å². The maximum Gasteiger partial charge on any atom is 0.236 e. The quantitative estimate of drug-likeness (QED) is 0.397. The van der Waals surface area contributed by atoms with Gasteiger partial charge in [-0.05, 0) is 17.7 Å². The largest absolute Gasteiger partial charge is 0.473 e. The molecule has 164 valence electrons. The Morgan fingerprint density at radius 2 is 2.23 bits per heavy atom. The van der Waals surface area contributed by atoms with E-state index < -0.39 is 5.82 Å². The maximum absolute atomic E-state index is 13.5. The highest BCUT2D eigenvalue weighted by Crippen LogP contribution is 2.26. The van der Waals surface area contributed by atoms with Gasteiger partial charge in [0.2, 0.25) is 18.2 Å². The molecule has 1 atom stereocenters. The van der Waals surface area contributed by atoms with Gasteiger partial charge in [0.25, 0.3) is 0 Å². The lowest BCUT2D eigenvalue weighted by Crippen LogP contribution is -2.52. The lowest BCUT2D eigenvalue weighted by molar-refractivity contribution is -0.133. The van der Waals surface area contributed by atoms with Gasteiger partial charge in [0.05, 0.1) is 11.6 Å². The van der Waals surface area contributed by atoms with Crippen LogP contribution in [-0.2, 0) is 20.9 Å². The minimum absolute atomic E-state index is 0.0277. The molecule has 2 amide bonds. The third-order valence-electron chi connectivity index (χ3n) is 5.33. The molecule has 2 aliphatic heterocycles. The van der Waals surface area contributed by atoms with E-state index in [0.717, 1.165) is 12.4 Å². The SMILES string of the molecule is CN1CC2CN(C(=O)CCN)CCN2/C1=C/C(=NC=O)OCc1ccc(F)c(C#N)c1. The number of likely N-dealkylation sites (N-methyl/N-ethyl adjacent to an activating group) is 1. The molecule has 0 spiro atoms. The first-order valence-corrected chi connectivity index (χ1v) is 9.97.